The van der Waals surface area contributed by atoms with Crippen molar-refractivity contribution in [3.8, 4) is 17.0 Å². The molecule has 0 spiro atoms. The molecule has 1 heterocycles. The minimum absolute atomic E-state index is 0.0808. The summed E-state index contributed by atoms with van der Waals surface area (Å²) in [6, 6.07) is 8.24. The van der Waals surface area contributed by atoms with Gasteiger partial charge < -0.3 is 15.2 Å². The molecule has 132 valence electrons. The van der Waals surface area contributed by atoms with Crippen LogP contribution in [0.25, 0.3) is 11.3 Å². The lowest BCUT2D eigenvalue weighted by atomic mass is 10.1. The van der Waals surface area contributed by atoms with E-state index >= 15 is 0 Å². The average molecular weight is 331 g/mol. The predicted octanol–water partition coefficient (Wildman–Crippen LogP) is 3.17. The monoisotopic (exact) mass is 331 g/mol. The van der Waals surface area contributed by atoms with Crippen LogP contribution in [0.5, 0.6) is 5.75 Å². The Kier molecular flexibility index (Phi) is 6.02. The first-order chi connectivity index (χ1) is 11.3. The molecule has 0 radical (unpaired) electrons. The summed E-state index contributed by atoms with van der Waals surface area (Å²) >= 11 is 0. The van der Waals surface area contributed by atoms with Gasteiger partial charge in [0.2, 0.25) is 0 Å². The van der Waals surface area contributed by atoms with Crippen molar-refractivity contribution in [3.05, 3.63) is 36.0 Å². The molecule has 24 heavy (non-hydrogen) atoms. The number of aromatic nitrogens is 2. The molecule has 0 saturated heterocycles. The lowest BCUT2D eigenvalue weighted by Crippen LogP contribution is -2.26. The first-order valence-electron chi connectivity index (χ1n) is 8.43. The van der Waals surface area contributed by atoms with Crippen LogP contribution in [0, 0.1) is 0 Å². The van der Waals surface area contributed by atoms with Crippen molar-refractivity contribution >= 4 is 0 Å². The van der Waals surface area contributed by atoms with E-state index in [4.69, 9.17) is 14.9 Å². The molecule has 1 aromatic carbocycles. The molecular weight excluding hydrogens is 302 g/mol. The Morgan fingerprint density at radius 3 is 2.71 bits per heavy atom. The van der Waals surface area contributed by atoms with E-state index in [-0.39, 0.29) is 18.2 Å². The van der Waals surface area contributed by atoms with Gasteiger partial charge in [-0.3, -0.25) is 4.68 Å². The Labute approximate surface area is 144 Å². The number of ether oxygens (including phenoxy) is 1. The van der Waals surface area contributed by atoms with Crippen LogP contribution < -0.4 is 10.1 Å². The van der Waals surface area contributed by atoms with Crippen molar-refractivity contribution in [2.45, 2.75) is 52.2 Å². The van der Waals surface area contributed by atoms with Gasteiger partial charge in [0.15, 0.2) is 0 Å². The second kappa shape index (κ2) is 7.81. The number of nitrogens with zero attached hydrogens (tertiary/aromatic N) is 2. The SMILES string of the molecule is COc1cccc(-c2nn(C(C)(C)C)cc2CNC(C)CCO)c1. The van der Waals surface area contributed by atoms with Crippen LogP contribution in [0.15, 0.2) is 30.5 Å². The van der Waals surface area contributed by atoms with Crippen LogP contribution in [-0.4, -0.2) is 34.6 Å². The standard InChI is InChI=1S/C19H29N3O2/c1-14(9-10-23)20-12-16-13-22(19(2,3)4)21-18(16)15-7-6-8-17(11-15)24-5/h6-8,11,13-14,20,23H,9-10,12H2,1-5H3. The molecule has 2 rings (SSSR count). The summed E-state index contributed by atoms with van der Waals surface area (Å²) in [6.07, 6.45) is 2.84. The third kappa shape index (κ3) is 4.58. The topological polar surface area (TPSA) is 59.3 Å². The van der Waals surface area contributed by atoms with Gasteiger partial charge in [0.1, 0.15) is 5.75 Å². The van der Waals surface area contributed by atoms with Crippen LogP contribution in [0.1, 0.15) is 39.7 Å². The van der Waals surface area contributed by atoms with Crippen molar-refractivity contribution in [1.29, 1.82) is 0 Å². The number of methoxy groups -OCH3 is 1. The van der Waals surface area contributed by atoms with Gasteiger partial charge in [-0.2, -0.15) is 5.10 Å². The molecule has 1 atom stereocenters. The third-order valence-corrected chi connectivity index (χ3v) is 4.02. The normalized spacial score (nSPS) is 13.1. The zero-order chi connectivity index (χ0) is 17.7. The van der Waals surface area contributed by atoms with Crippen molar-refractivity contribution in [1.82, 2.24) is 15.1 Å². The molecule has 0 bridgehead atoms. The fourth-order valence-electron chi connectivity index (χ4n) is 2.48. The first kappa shape index (κ1) is 18.5. The van der Waals surface area contributed by atoms with E-state index < -0.39 is 0 Å². The molecule has 5 nitrogen and oxygen atoms in total. The van der Waals surface area contributed by atoms with Gasteiger partial charge in [0, 0.05) is 36.5 Å². The molecule has 1 aromatic heterocycles. The van der Waals surface area contributed by atoms with Crippen molar-refractivity contribution < 1.29 is 9.84 Å². The van der Waals surface area contributed by atoms with E-state index in [0.29, 0.717) is 6.54 Å². The highest BCUT2D eigenvalue weighted by atomic mass is 16.5. The summed E-state index contributed by atoms with van der Waals surface area (Å²) in [5.74, 6) is 0.824. The molecule has 2 N–H and O–H groups in total. The lowest BCUT2D eigenvalue weighted by Gasteiger charge is -2.19. The summed E-state index contributed by atoms with van der Waals surface area (Å²) in [4.78, 5) is 0. The fourth-order valence-corrected chi connectivity index (χ4v) is 2.48. The Morgan fingerprint density at radius 2 is 2.08 bits per heavy atom. The molecule has 0 saturated carbocycles. The predicted molar refractivity (Wildman–Crippen MR) is 97.2 cm³/mol. The van der Waals surface area contributed by atoms with Crippen LogP contribution in [0.4, 0.5) is 0 Å². The van der Waals surface area contributed by atoms with Gasteiger partial charge in [-0.1, -0.05) is 12.1 Å². The number of nitrogens with one attached hydrogen (secondary N) is 1. The highest BCUT2D eigenvalue weighted by molar-refractivity contribution is 5.64. The van der Waals surface area contributed by atoms with Gasteiger partial charge in [-0.05, 0) is 46.2 Å². The Hall–Kier alpha value is -1.85. The molecular formula is C19H29N3O2. The van der Waals surface area contributed by atoms with E-state index in [1.807, 2.05) is 22.9 Å². The molecule has 0 amide bonds. The first-order valence-corrected chi connectivity index (χ1v) is 8.43. The van der Waals surface area contributed by atoms with Crippen molar-refractivity contribution in [2.24, 2.45) is 0 Å². The van der Waals surface area contributed by atoms with Crippen LogP contribution in [-0.2, 0) is 12.1 Å². The highest BCUT2D eigenvalue weighted by Gasteiger charge is 2.19. The van der Waals surface area contributed by atoms with Gasteiger partial charge in [0.05, 0.1) is 18.3 Å². The number of aliphatic hydroxyl groups excluding tert-OH is 1. The second-order valence-corrected chi connectivity index (χ2v) is 7.14. The molecule has 2 aromatic rings. The number of benzene rings is 1. The number of hydrogen-bond donors (Lipinski definition) is 2. The summed E-state index contributed by atoms with van der Waals surface area (Å²) < 4.78 is 7.35. The molecule has 1 unspecified atom stereocenters. The van der Waals surface area contributed by atoms with E-state index in [9.17, 15) is 0 Å². The maximum Gasteiger partial charge on any atom is 0.119 e. The van der Waals surface area contributed by atoms with Gasteiger partial charge in [0.25, 0.3) is 0 Å². The molecule has 0 aliphatic carbocycles. The lowest BCUT2D eigenvalue weighted by molar-refractivity contribution is 0.268. The van der Waals surface area contributed by atoms with Gasteiger partial charge in [-0.25, -0.2) is 0 Å². The zero-order valence-electron chi connectivity index (χ0n) is 15.3. The number of rotatable bonds is 7. The molecule has 0 fully saturated rings. The maximum absolute atomic E-state index is 9.06. The fraction of sp³-hybridized carbons (Fsp3) is 0.526. The van der Waals surface area contributed by atoms with Gasteiger partial charge in [-0.15, -0.1) is 0 Å². The largest absolute Gasteiger partial charge is 0.497 e. The number of aliphatic hydroxyl groups is 1. The summed E-state index contributed by atoms with van der Waals surface area (Å²) in [5.41, 5.74) is 3.07. The zero-order valence-corrected chi connectivity index (χ0v) is 15.3. The van der Waals surface area contributed by atoms with Crippen LogP contribution in [0.2, 0.25) is 0 Å². The molecule has 5 heteroatoms. The average Bonchev–Trinajstić information content (AvgIpc) is 2.98. The Balaban J connectivity index is 2.35. The quantitative estimate of drug-likeness (QED) is 0.818. The van der Waals surface area contributed by atoms with Gasteiger partial charge >= 0.3 is 0 Å². The number of hydrogen-bond acceptors (Lipinski definition) is 4. The van der Waals surface area contributed by atoms with Crippen LogP contribution in [0.3, 0.4) is 0 Å². The Bertz CT molecular complexity index is 659. The summed E-state index contributed by atoms with van der Waals surface area (Å²) in [7, 11) is 1.67. The third-order valence-electron chi connectivity index (χ3n) is 4.02. The van der Waals surface area contributed by atoms with E-state index in [1.165, 1.54) is 0 Å². The minimum Gasteiger partial charge on any atom is -0.497 e. The summed E-state index contributed by atoms with van der Waals surface area (Å²) in [5, 5.41) is 17.3. The highest BCUT2D eigenvalue weighted by Crippen LogP contribution is 2.28. The maximum atomic E-state index is 9.06. The van der Waals surface area contributed by atoms with E-state index in [0.717, 1.165) is 29.0 Å². The minimum atomic E-state index is -0.0808. The van der Waals surface area contributed by atoms with Crippen molar-refractivity contribution in [2.75, 3.05) is 13.7 Å². The second-order valence-electron chi connectivity index (χ2n) is 7.14. The molecule has 0 aliphatic rings. The summed E-state index contributed by atoms with van der Waals surface area (Å²) in [6.45, 7) is 9.40. The van der Waals surface area contributed by atoms with Crippen LogP contribution >= 0.6 is 0 Å². The smallest absolute Gasteiger partial charge is 0.119 e. The van der Waals surface area contributed by atoms with E-state index in [2.05, 4.69) is 45.3 Å². The molecule has 0 aliphatic heterocycles. The van der Waals surface area contributed by atoms with E-state index in [1.54, 1.807) is 7.11 Å². The van der Waals surface area contributed by atoms with Crippen molar-refractivity contribution in [3.63, 3.8) is 0 Å². The Morgan fingerprint density at radius 1 is 1.33 bits per heavy atom.